The van der Waals surface area contributed by atoms with Crippen LogP contribution >= 0.6 is 0 Å². The molecule has 0 aliphatic carbocycles. The van der Waals surface area contributed by atoms with Gasteiger partial charge in [0.1, 0.15) is 11.6 Å². The van der Waals surface area contributed by atoms with E-state index < -0.39 is 10.0 Å². The van der Waals surface area contributed by atoms with Crippen LogP contribution in [-0.4, -0.2) is 65.7 Å². The maximum Gasteiger partial charge on any atom is 0.277 e. The molecule has 0 spiro atoms. The molecule has 33 heavy (non-hydrogen) atoms. The lowest BCUT2D eigenvalue weighted by molar-refractivity contribution is 0.180. The molecule has 0 bridgehead atoms. The summed E-state index contributed by atoms with van der Waals surface area (Å²) in [4.78, 5) is 20.2. The second-order valence-electron chi connectivity index (χ2n) is 7.51. The molecule has 3 aromatic rings. The van der Waals surface area contributed by atoms with Crippen LogP contribution in [0.15, 0.2) is 27.9 Å². The summed E-state index contributed by atoms with van der Waals surface area (Å²) in [6.45, 7) is 8.56. The number of fused-ring (bicyclic) bond motifs is 1. The van der Waals surface area contributed by atoms with Gasteiger partial charge in [-0.1, -0.05) is 13.8 Å². The summed E-state index contributed by atoms with van der Waals surface area (Å²) < 4.78 is 40.2. The van der Waals surface area contributed by atoms with Crippen molar-refractivity contribution in [2.75, 3.05) is 33.4 Å². The Hall–Kier alpha value is -2.76. The van der Waals surface area contributed by atoms with Gasteiger partial charge in [-0.2, -0.15) is 4.31 Å². The normalized spacial score (nSPS) is 12.1. The molecule has 0 amide bonds. The third kappa shape index (κ3) is 4.94. The first-order chi connectivity index (χ1) is 15.8. The Kier molecular flexibility index (Phi) is 7.88. The van der Waals surface area contributed by atoms with E-state index in [2.05, 4.69) is 15.1 Å². The Morgan fingerprint density at radius 2 is 1.97 bits per heavy atom. The second-order valence-corrected chi connectivity index (χ2v) is 9.45. The molecule has 10 nitrogen and oxygen atoms in total. The van der Waals surface area contributed by atoms with Crippen molar-refractivity contribution in [3.05, 3.63) is 40.1 Å². The van der Waals surface area contributed by atoms with Crippen molar-refractivity contribution in [2.24, 2.45) is 0 Å². The number of ether oxygens (including phenoxy) is 2. The van der Waals surface area contributed by atoms with Gasteiger partial charge < -0.3 is 14.5 Å². The highest BCUT2D eigenvalue weighted by atomic mass is 32.2. The van der Waals surface area contributed by atoms with Crippen molar-refractivity contribution in [2.45, 2.75) is 45.4 Å². The molecule has 0 unspecified atom stereocenters. The zero-order valence-corrected chi connectivity index (χ0v) is 20.5. The lowest BCUT2D eigenvalue weighted by Crippen LogP contribution is -2.33. The van der Waals surface area contributed by atoms with Gasteiger partial charge in [0.05, 0.1) is 29.4 Å². The zero-order chi connectivity index (χ0) is 24.2. The average Bonchev–Trinajstić information content (AvgIpc) is 3.10. The highest BCUT2D eigenvalue weighted by molar-refractivity contribution is 7.89. The van der Waals surface area contributed by atoms with Crippen molar-refractivity contribution >= 4 is 15.5 Å². The molecule has 3 rings (SSSR count). The van der Waals surface area contributed by atoms with Crippen molar-refractivity contribution in [3.63, 3.8) is 0 Å². The van der Waals surface area contributed by atoms with Crippen LogP contribution in [0.4, 0.5) is 0 Å². The van der Waals surface area contributed by atoms with Gasteiger partial charge in [-0.05, 0) is 38.5 Å². The van der Waals surface area contributed by atoms with Crippen molar-refractivity contribution in [3.8, 4) is 17.1 Å². The SMILES string of the molecule is CCCc1nc(C)c2c(=O)[nH]c(-c3cc(S(=O)(=O)N(CC)CCOC)ccc3OCC)nn12. The number of hydrogen-bond acceptors (Lipinski definition) is 7. The first kappa shape index (κ1) is 24.9. The minimum atomic E-state index is -3.79. The molecule has 0 atom stereocenters. The van der Waals surface area contributed by atoms with Crippen LogP contribution in [-0.2, 0) is 21.2 Å². The highest BCUT2D eigenvalue weighted by Crippen LogP contribution is 2.31. The number of aryl methyl sites for hydroxylation is 2. The molecule has 1 N–H and O–H groups in total. The molecular formula is C22H31N5O5S. The molecular weight excluding hydrogens is 446 g/mol. The summed E-state index contributed by atoms with van der Waals surface area (Å²) in [6.07, 6.45) is 1.50. The van der Waals surface area contributed by atoms with Crippen LogP contribution < -0.4 is 10.3 Å². The van der Waals surface area contributed by atoms with Crippen LogP contribution in [0.1, 0.15) is 38.7 Å². The smallest absolute Gasteiger partial charge is 0.277 e. The summed E-state index contributed by atoms with van der Waals surface area (Å²) in [5.74, 6) is 1.31. The number of nitrogens with one attached hydrogen (secondary N) is 1. The van der Waals surface area contributed by atoms with E-state index in [1.165, 1.54) is 23.5 Å². The van der Waals surface area contributed by atoms with E-state index in [-0.39, 0.29) is 29.4 Å². The largest absolute Gasteiger partial charge is 0.493 e. The number of benzene rings is 1. The van der Waals surface area contributed by atoms with E-state index in [1.807, 2.05) is 13.8 Å². The first-order valence-electron chi connectivity index (χ1n) is 11.0. The number of aromatic nitrogens is 4. The summed E-state index contributed by atoms with van der Waals surface area (Å²) in [5, 5.41) is 4.62. The maximum absolute atomic E-state index is 13.3. The fourth-order valence-electron chi connectivity index (χ4n) is 3.67. The van der Waals surface area contributed by atoms with Gasteiger partial charge in [0.25, 0.3) is 5.56 Å². The lowest BCUT2D eigenvalue weighted by atomic mass is 10.2. The van der Waals surface area contributed by atoms with Gasteiger partial charge in [-0.15, -0.1) is 5.10 Å². The molecule has 0 fully saturated rings. The van der Waals surface area contributed by atoms with Gasteiger partial charge >= 0.3 is 0 Å². The van der Waals surface area contributed by atoms with Crippen LogP contribution in [0.25, 0.3) is 16.9 Å². The molecule has 0 saturated heterocycles. The monoisotopic (exact) mass is 477 g/mol. The third-order valence-electron chi connectivity index (χ3n) is 5.26. The molecule has 1 aromatic carbocycles. The molecule has 2 heterocycles. The van der Waals surface area contributed by atoms with Gasteiger partial charge in [-0.25, -0.2) is 17.9 Å². The van der Waals surface area contributed by atoms with Crippen LogP contribution in [0, 0.1) is 6.92 Å². The number of nitrogens with zero attached hydrogens (tertiary/aromatic N) is 4. The van der Waals surface area contributed by atoms with Gasteiger partial charge in [0, 0.05) is 26.6 Å². The van der Waals surface area contributed by atoms with E-state index in [0.29, 0.717) is 47.9 Å². The fourth-order valence-corrected chi connectivity index (χ4v) is 5.13. The molecule has 11 heteroatoms. The van der Waals surface area contributed by atoms with E-state index in [1.54, 1.807) is 24.4 Å². The highest BCUT2D eigenvalue weighted by Gasteiger charge is 2.25. The number of H-pyrrole nitrogens is 1. The summed E-state index contributed by atoms with van der Waals surface area (Å²) in [7, 11) is -2.27. The Morgan fingerprint density at radius 3 is 2.61 bits per heavy atom. The number of sulfonamides is 1. The summed E-state index contributed by atoms with van der Waals surface area (Å²) >= 11 is 0. The maximum atomic E-state index is 13.3. The number of methoxy groups -OCH3 is 1. The number of aromatic amines is 1. The minimum absolute atomic E-state index is 0.0808. The van der Waals surface area contributed by atoms with Gasteiger partial charge in [-0.3, -0.25) is 4.79 Å². The van der Waals surface area contributed by atoms with Crippen molar-refractivity contribution in [1.82, 2.24) is 23.9 Å². The number of likely N-dealkylation sites (N-methyl/N-ethyl adjacent to an activating group) is 1. The number of rotatable bonds is 11. The number of imidazole rings is 1. The standard InChI is InChI=1S/C22H31N5O5S/c1-6-9-19-23-15(4)20-22(28)24-21(25-27(19)20)17-14-16(10-11-18(17)32-8-3)33(29,30)26(7-2)12-13-31-5/h10-11,14H,6-9,12-13H2,1-5H3,(H,24,25,28). The zero-order valence-electron chi connectivity index (χ0n) is 19.7. The van der Waals surface area contributed by atoms with E-state index in [4.69, 9.17) is 9.47 Å². The van der Waals surface area contributed by atoms with Crippen LogP contribution in [0.3, 0.4) is 0 Å². The molecule has 0 aliphatic heterocycles. The van der Waals surface area contributed by atoms with Gasteiger partial charge in [0.15, 0.2) is 11.3 Å². The Balaban J connectivity index is 2.20. The summed E-state index contributed by atoms with van der Waals surface area (Å²) in [6, 6.07) is 4.58. The molecule has 180 valence electrons. The van der Waals surface area contributed by atoms with E-state index >= 15 is 0 Å². The lowest BCUT2D eigenvalue weighted by Gasteiger charge is -2.21. The molecule has 0 aliphatic rings. The summed E-state index contributed by atoms with van der Waals surface area (Å²) in [5.41, 5.74) is 1.00. The minimum Gasteiger partial charge on any atom is -0.493 e. The Morgan fingerprint density at radius 1 is 1.21 bits per heavy atom. The predicted molar refractivity (Wildman–Crippen MR) is 125 cm³/mol. The van der Waals surface area contributed by atoms with Crippen molar-refractivity contribution < 1.29 is 17.9 Å². The fraction of sp³-hybridized carbons (Fsp3) is 0.500. The van der Waals surface area contributed by atoms with E-state index in [0.717, 1.165) is 6.42 Å². The van der Waals surface area contributed by atoms with Crippen LogP contribution in [0.5, 0.6) is 5.75 Å². The number of hydrogen-bond donors (Lipinski definition) is 1. The Bertz CT molecular complexity index is 1280. The second kappa shape index (κ2) is 10.4. The predicted octanol–water partition coefficient (Wildman–Crippen LogP) is 2.40. The van der Waals surface area contributed by atoms with E-state index in [9.17, 15) is 13.2 Å². The molecule has 0 radical (unpaired) electrons. The Labute approximate surface area is 193 Å². The van der Waals surface area contributed by atoms with Crippen molar-refractivity contribution in [1.29, 1.82) is 0 Å². The molecule has 2 aromatic heterocycles. The molecule has 0 saturated carbocycles. The third-order valence-corrected chi connectivity index (χ3v) is 7.23. The van der Waals surface area contributed by atoms with Gasteiger partial charge in [0.2, 0.25) is 10.0 Å². The topological polar surface area (TPSA) is 119 Å². The quantitative estimate of drug-likeness (QED) is 0.450. The van der Waals surface area contributed by atoms with Crippen LogP contribution in [0.2, 0.25) is 0 Å². The first-order valence-corrected chi connectivity index (χ1v) is 12.5. The average molecular weight is 478 g/mol.